The van der Waals surface area contributed by atoms with Crippen molar-refractivity contribution in [3.8, 4) is 24.2 Å². The van der Waals surface area contributed by atoms with Crippen molar-refractivity contribution in [2.45, 2.75) is 38.5 Å². The highest BCUT2D eigenvalue weighted by Crippen LogP contribution is 2.04. The number of allylic oxidation sites excluding steroid dienone is 3. The van der Waals surface area contributed by atoms with Gasteiger partial charge in [0.05, 0.1) is 0 Å². The van der Waals surface area contributed by atoms with Crippen molar-refractivity contribution < 1.29 is 9.90 Å². The third-order valence-corrected chi connectivity index (χ3v) is 2.05. The molecule has 0 aliphatic carbocycles. The Balaban J connectivity index is 3.30. The first-order valence-electron chi connectivity index (χ1n) is 5.75. The van der Waals surface area contributed by atoms with Gasteiger partial charge in [-0.1, -0.05) is 30.6 Å². The number of carbonyl (C=O) groups is 1. The molecule has 0 radical (unpaired) electrons. The Hall–Kier alpha value is -1.93. The van der Waals surface area contributed by atoms with E-state index in [1.165, 1.54) is 6.08 Å². The Morgan fingerprint density at radius 2 is 1.82 bits per heavy atom. The van der Waals surface area contributed by atoms with E-state index in [0.29, 0.717) is 6.42 Å². The Morgan fingerprint density at radius 1 is 1.12 bits per heavy atom. The number of hydrogen-bond donors (Lipinski definition) is 1. The fourth-order valence-corrected chi connectivity index (χ4v) is 1.25. The molecule has 0 saturated heterocycles. The van der Waals surface area contributed by atoms with E-state index < -0.39 is 5.97 Å². The molecule has 0 bridgehead atoms. The molecule has 0 atom stereocenters. The van der Waals surface area contributed by atoms with E-state index in [2.05, 4.69) is 23.8 Å². The monoisotopic (exact) mass is 230 g/mol. The first-order chi connectivity index (χ1) is 8.27. The number of hydrogen-bond acceptors (Lipinski definition) is 1. The Labute approximate surface area is 103 Å². The topological polar surface area (TPSA) is 37.3 Å². The Kier molecular flexibility index (Phi) is 10.8. The number of carboxylic acids is 1. The molecule has 0 spiro atoms. The normalized spacial score (nSPS) is 10.1. The third-order valence-electron chi connectivity index (χ3n) is 2.05. The summed E-state index contributed by atoms with van der Waals surface area (Å²) in [6.07, 6.45) is 17.9. The average molecular weight is 230 g/mol. The summed E-state index contributed by atoms with van der Waals surface area (Å²) in [5.74, 6) is 6.77. The minimum absolute atomic E-state index is 0.714. The molecule has 0 aromatic carbocycles. The molecule has 2 nitrogen and oxygen atoms in total. The highest BCUT2D eigenvalue weighted by molar-refractivity contribution is 5.79. The van der Waals surface area contributed by atoms with E-state index >= 15 is 0 Å². The summed E-state index contributed by atoms with van der Waals surface area (Å²) in [6, 6.07) is 0. The molecule has 90 valence electrons. The summed E-state index contributed by atoms with van der Waals surface area (Å²) in [6.45, 7) is 0. The molecule has 0 aliphatic heterocycles. The van der Waals surface area contributed by atoms with Crippen molar-refractivity contribution >= 4 is 5.97 Å². The summed E-state index contributed by atoms with van der Waals surface area (Å²) in [5.41, 5.74) is 0. The van der Waals surface area contributed by atoms with E-state index in [4.69, 9.17) is 11.5 Å². The van der Waals surface area contributed by atoms with Crippen LogP contribution < -0.4 is 0 Å². The van der Waals surface area contributed by atoms with E-state index in [0.717, 1.165) is 32.1 Å². The Morgan fingerprint density at radius 3 is 2.47 bits per heavy atom. The molecule has 0 saturated carbocycles. The summed E-state index contributed by atoms with van der Waals surface area (Å²) in [5, 5.41) is 8.36. The van der Waals surface area contributed by atoms with Crippen molar-refractivity contribution in [2.24, 2.45) is 0 Å². The first-order valence-corrected chi connectivity index (χ1v) is 5.75. The molecule has 2 heteroatoms. The number of carboxylic acid groups (broad SMARTS) is 1. The molecule has 0 unspecified atom stereocenters. The van der Waals surface area contributed by atoms with Gasteiger partial charge >= 0.3 is 5.97 Å². The van der Waals surface area contributed by atoms with E-state index in [1.807, 2.05) is 6.08 Å². The van der Waals surface area contributed by atoms with Crippen LogP contribution in [0.5, 0.6) is 0 Å². The van der Waals surface area contributed by atoms with Crippen molar-refractivity contribution in [1.82, 2.24) is 0 Å². The van der Waals surface area contributed by atoms with Crippen LogP contribution in [0, 0.1) is 24.2 Å². The van der Waals surface area contributed by atoms with Crippen molar-refractivity contribution in [1.29, 1.82) is 0 Å². The number of rotatable bonds is 8. The van der Waals surface area contributed by atoms with Crippen LogP contribution in [0.2, 0.25) is 0 Å². The fourth-order valence-electron chi connectivity index (χ4n) is 1.25. The Bertz CT molecular complexity index is 359. The zero-order chi connectivity index (χ0) is 12.8. The first kappa shape index (κ1) is 15.1. The summed E-state index contributed by atoms with van der Waals surface area (Å²) in [7, 11) is 0. The smallest absolute Gasteiger partial charge is 0.327 e. The van der Waals surface area contributed by atoms with Crippen LogP contribution in [0.1, 0.15) is 38.5 Å². The summed E-state index contributed by atoms with van der Waals surface area (Å²) >= 11 is 0. The second kappa shape index (κ2) is 12.1. The van der Waals surface area contributed by atoms with E-state index in [9.17, 15) is 4.79 Å². The highest BCUT2D eigenvalue weighted by Gasteiger charge is 1.87. The van der Waals surface area contributed by atoms with Gasteiger partial charge in [-0.25, -0.2) is 4.79 Å². The molecule has 0 rings (SSSR count). The molecule has 17 heavy (non-hydrogen) atoms. The van der Waals surface area contributed by atoms with Gasteiger partial charge in [-0.3, -0.25) is 0 Å². The molecular formula is C15H18O2. The zero-order valence-electron chi connectivity index (χ0n) is 9.98. The number of unbranched alkanes of at least 4 members (excludes halogenated alkanes) is 4. The van der Waals surface area contributed by atoms with Gasteiger partial charge in [0, 0.05) is 12.5 Å². The van der Waals surface area contributed by atoms with Gasteiger partial charge < -0.3 is 5.11 Å². The molecule has 0 aliphatic rings. The lowest BCUT2D eigenvalue weighted by Crippen LogP contribution is -1.85. The maximum atomic E-state index is 10.2. The minimum atomic E-state index is -0.874. The van der Waals surface area contributed by atoms with Gasteiger partial charge in [-0.2, -0.15) is 0 Å². The molecular weight excluding hydrogens is 212 g/mol. The number of terminal acetylenes is 1. The lowest BCUT2D eigenvalue weighted by Gasteiger charge is -1.94. The van der Waals surface area contributed by atoms with Gasteiger partial charge in [-0.05, 0) is 37.5 Å². The van der Waals surface area contributed by atoms with Gasteiger partial charge in [0.15, 0.2) is 0 Å². The second-order valence-electron chi connectivity index (χ2n) is 3.50. The van der Waals surface area contributed by atoms with Crippen LogP contribution >= 0.6 is 0 Å². The van der Waals surface area contributed by atoms with Gasteiger partial charge in [0.25, 0.3) is 0 Å². The molecule has 0 aromatic heterocycles. The molecule has 0 fully saturated rings. The molecule has 0 heterocycles. The molecule has 0 amide bonds. The van der Waals surface area contributed by atoms with Gasteiger partial charge in [0.2, 0.25) is 0 Å². The standard InChI is InChI=1S/C15H18O2/c1-2-3-4-5-6-7-8-9-10-11-12-13-14-15(16)17/h1,6-7,13-14H,5,8-12H2,(H,16,17)/b7-6-,14-13+. The van der Waals surface area contributed by atoms with Gasteiger partial charge in [-0.15, -0.1) is 6.42 Å². The van der Waals surface area contributed by atoms with E-state index in [-0.39, 0.29) is 0 Å². The third kappa shape index (κ3) is 14.1. The van der Waals surface area contributed by atoms with Crippen LogP contribution in [0.3, 0.4) is 0 Å². The molecule has 0 aromatic rings. The average Bonchev–Trinajstić information content (AvgIpc) is 2.30. The maximum Gasteiger partial charge on any atom is 0.327 e. The zero-order valence-corrected chi connectivity index (χ0v) is 9.98. The van der Waals surface area contributed by atoms with Crippen molar-refractivity contribution in [2.75, 3.05) is 0 Å². The maximum absolute atomic E-state index is 10.2. The quantitative estimate of drug-likeness (QED) is 0.301. The summed E-state index contributed by atoms with van der Waals surface area (Å²) in [4.78, 5) is 10.2. The fraction of sp³-hybridized carbons (Fsp3) is 0.400. The predicted octanol–water partition coefficient (Wildman–Crippen LogP) is 3.16. The second-order valence-corrected chi connectivity index (χ2v) is 3.50. The van der Waals surface area contributed by atoms with Crippen molar-refractivity contribution in [3.05, 3.63) is 24.3 Å². The lowest BCUT2D eigenvalue weighted by atomic mass is 10.1. The lowest BCUT2D eigenvalue weighted by molar-refractivity contribution is -0.131. The predicted molar refractivity (Wildman–Crippen MR) is 70.2 cm³/mol. The minimum Gasteiger partial charge on any atom is -0.478 e. The largest absolute Gasteiger partial charge is 0.478 e. The van der Waals surface area contributed by atoms with Crippen molar-refractivity contribution in [3.63, 3.8) is 0 Å². The van der Waals surface area contributed by atoms with Crippen LogP contribution in [-0.2, 0) is 4.79 Å². The summed E-state index contributed by atoms with van der Waals surface area (Å²) < 4.78 is 0. The molecule has 1 N–H and O–H groups in total. The van der Waals surface area contributed by atoms with Crippen LogP contribution in [0.4, 0.5) is 0 Å². The van der Waals surface area contributed by atoms with Crippen LogP contribution in [-0.4, -0.2) is 11.1 Å². The number of aliphatic carboxylic acids is 1. The highest BCUT2D eigenvalue weighted by atomic mass is 16.4. The van der Waals surface area contributed by atoms with Crippen LogP contribution in [0.25, 0.3) is 0 Å². The van der Waals surface area contributed by atoms with Gasteiger partial charge in [0.1, 0.15) is 0 Å². The van der Waals surface area contributed by atoms with E-state index in [1.54, 1.807) is 6.08 Å². The van der Waals surface area contributed by atoms with Crippen LogP contribution in [0.15, 0.2) is 24.3 Å². The SMILES string of the molecule is C#CC#CC/C=C\CCCCC/C=C/C(=O)O.